The second kappa shape index (κ2) is 23.5. The maximum atomic E-state index is 14.7. The minimum absolute atomic E-state index is 0.0532. The van der Waals surface area contributed by atoms with Crippen molar-refractivity contribution >= 4 is 60.3 Å². The molecule has 71 heavy (non-hydrogen) atoms. The highest BCUT2D eigenvalue weighted by Gasteiger charge is 2.52. The zero-order chi connectivity index (χ0) is 52.4. The first-order valence-electron chi connectivity index (χ1n) is 24.0. The lowest BCUT2D eigenvalue weighted by Crippen LogP contribution is -2.68. The van der Waals surface area contributed by atoms with Crippen molar-refractivity contribution < 1.29 is 56.9 Å². The van der Waals surface area contributed by atoms with Crippen molar-refractivity contribution in [3.05, 3.63) is 120 Å². The van der Waals surface area contributed by atoms with Gasteiger partial charge in [-0.2, -0.15) is 0 Å². The zero-order valence-electron chi connectivity index (χ0n) is 42.6. The van der Waals surface area contributed by atoms with Crippen LogP contribution in [0.1, 0.15) is 106 Å². The highest BCUT2D eigenvalue weighted by atomic mass is 28.4. The van der Waals surface area contributed by atoms with Gasteiger partial charge >= 0.3 is 12.3 Å². The molecule has 0 bridgehead atoms. The zero-order valence-corrected chi connectivity index (χ0v) is 43.6. The van der Waals surface area contributed by atoms with Gasteiger partial charge < -0.3 is 44.5 Å². The molecule has 3 unspecified atom stereocenters. The van der Waals surface area contributed by atoms with Crippen LogP contribution in [0.15, 0.2) is 109 Å². The molecule has 4 N–H and O–H groups in total. The van der Waals surface area contributed by atoms with Gasteiger partial charge in [-0.1, -0.05) is 137 Å². The largest absolute Gasteiger partial charge is 0.509 e. The Labute approximate surface area is 418 Å². The van der Waals surface area contributed by atoms with E-state index in [9.17, 15) is 33.6 Å². The van der Waals surface area contributed by atoms with Crippen molar-refractivity contribution in [3.63, 3.8) is 0 Å². The van der Waals surface area contributed by atoms with Crippen molar-refractivity contribution in [1.29, 1.82) is 0 Å². The van der Waals surface area contributed by atoms with Crippen LogP contribution in [0.3, 0.4) is 0 Å². The summed E-state index contributed by atoms with van der Waals surface area (Å²) in [4.78, 5) is 94.5. The molecule has 0 spiro atoms. The number of Topliss-reactive ketones (excluding diaryl/α,β-unsaturated/α-hetero) is 2. The monoisotopic (exact) mass is 991 g/mol. The van der Waals surface area contributed by atoms with E-state index < -0.39 is 103 Å². The predicted octanol–water partition coefficient (Wildman–Crippen LogP) is 7.29. The molecule has 1 aliphatic carbocycles. The quantitative estimate of drug-likeness (QED) is 0.0554. The number of ether oxygens (including phenoxy) is 4. The Hall–Kier alpha value is -6.65. The van der Waals surface area contributed by atoms with Gasteiger partial charge in [0.05, 0.1) is 12.0 Å². The number of hydrogen-bond acceptors (Lipinski definition) is 12. The number of primary amides is 1. The van der Waals surface area contributed by atoms with Gasteiger partial charge in [0.15, 0.2) is 5.78 Å². The first-order chi connectivity index (χ1) is 33.3. The fraction of sp³-hybridized carbons (Fsp3) is 0.436. The average Bonchev–Trinajstić information content (AvgIpc) is 3.62. The molecular formula is C55H69N3O12Si. The molecule has 0 saturated heterocycles. The SMILES string of the molecule is CC(=O)C[C@H](C(=O)N[C@H](C(=O)C[C@@H](C)C(=O)N[C@H](C(N)=O)C(C)OC(=O)OCC1c2ccccc2-c2ccccc21)C(C)OC(=O)OC(C)(C)C)C(C)O[Si](c1ccccc1)(c1ccccc1)C(C)(C)C. The van der Waals surface area contributed by atoms with Gasteiger partial charge in [0, 0.05) is 24.7 Å². The summed E-state index contributed by atoms with van der Waals surface area (Å²) in [6.07, 6.45) is -6.51. The third-order valence-electron chi connectivity index (χ3n) is 12.6. The highest BCUT2D eigenvalue weighted by molar-refractivity contribution is 6.99. The normalized spacial score (nSPS) is 15.5. The third kappa shape index (κ3) is 13.8. The molecule has 1 aliphatic rings. The van der Waals surface area contributed by atoms with Crippen LogP contribution >= 0.6 is 0 Å². The van der Waals surface area contributed by atoms with E-state index >= 15 is 0 Å². The highest BCUT2D eigenvalue weighted by Crippen LogP contribution is 2.44. The fourth-order valence-corrected chi connectivity index (χ4v) is 13.9. The molecule has 0 radical (unpaired) electrons. The summed E-state index contributed by atoms with van der Waals surface area (Å²) < 4.78 is 29.1. The number of ketones is 2. The van der Waals surface area contributed by atoms with E-state index in [4.69, 9.17) is 29.1 Å². The standard InChI is InChI=1S/C55H69N3O12Si/c1-33(50(62)58-48(49(56)61)37(5)67-52(64)66-32-45-42-28-20-18-26-40(42)41-27-19-21-29-43(41)45)30-46(60)47(36(4)68-53(65)69-54(6,7)8)57-51(63)44(31-34(2)59)35(3)70-71(55(9,10)11,38-22-14-12-15-23-38)39-24-16-13-17-25-39/h12-29,33,35-37,44-45,47-48H,30-32H2,1-11H3,(H2,56,61)(H,57,63)(H,58,62)/t33-,35?,36?,37?,44+,47+,48+/m1/s1. The van der Waals surface area contributed by atoms with Crippen LogP contribution in [-0.4, -0.2) is 92.5 Å². The summed E-state index contributed by atoms with van der Waals surface area (Å²) in [6, 6.07) is 32.1. The van der Waals surface area contributed by atoms with Crippen LogP contribution in [0.25, 0.3) is 11.1 Å². The number of rotatable bonds is 21. The predicted molar refractivity (Wildman–Crippen MR) is 271 cm³/mol. The van der Waals surface area contributed by atoms with Crippen LogP contribution in [0.5, 0.6) is 0 Å². The van der Waals surface area contributed by atoms with Crippen molar-refractivity contribution in [2.24, 2.45) is 17.6 Å². The van der Waals surface area contributed by atoms with Crippen molar-refractivity contribution in [3.8, 4) is 11.1 Å². The maximum Gasteiger partial charge on any atom is 0.509 e. The molecule has 0 heterocycles. The van der Waals surface area contributed by atoms with Gasteiger partial charge in [0.2, 0.25) is 17.7 Å². The summed E-state index contributed by atoms with van der Waals surface area (Å²) >= 11 is 0. The molecule has 0 aromatic heterocycles. The minimum Gasteiger partial charge on any atom is -0.433 e. The summed E-state index contributed by atoms with van der Waals surface area (Å²) in [7, 11) is -3.26. The topological polar surface area (TPSA) is 216 Å². The summed E-state index contributed by atoms with van der Waals surface area (Å²) in [5.74, 6) is -6.14. The molecule has 4 aromatic carbocycles. The van der Waals surface area contributed by atoms with Gasteiger partial charge in [0.1, 0.15) is 42.3 Å². The minimum atomic E-state index is -3.26. The van der Waals surface area contributed by atoms with Gasteiger partial charge in [-0.3, -0.25) is 19.2 Å². The Morgan fingerprint density at radius 2 is 1.07 bits per heavy atom. The number of carbonyl (C=O) groups excluding carboxylic acids is 7. The molecule has 0 aliphatic heterocycles. The fourth-order valence-electron chi connectivity index (χ4n) is 9.13. The molecule has 380 valence electrons. The number of amides is 3. The molecule has 4 aromatic rings. The Balaban J connectivity index is 1.33. The maximum absolute atomic E-state index is 14.7. The van der Waals surface area contributed by atoms with E-state index in [-0.39, 0.29) is 24.7 Å². The Morgan fingerprint density at radius 3 is 1.55 bits per heavy atom. The Kier molecular flexibility index (Phi) is 18.3. The number of carbonyl (C=O) groups is 7. The molecule has 16 heteroatoms. The first kappa shape index (κ1) is 55.3. The Morgan fingerprint density at radius 1 is 0.606 bits per heavy atom. The van der Waals surface area contributed by atoms with Crippen LogP contribution in [0.2, 0.25) is 5.04 Å². The van der Waals surface area contributed by atoms with Crippen molar-refractivity contribution in [1.82, 2.24) is 10.6 Å². The summed E-state index contributed by atoms with van der Waals surface area (Å²) in [5.41, 5.74) is 8.77. The smallest absolute Gasteiger partial charge is 0.433 e. The molecular weight excluding hydrogens is 923 g/mol. The van der Waals surface area contributed by atoms with E-state index in [1.54, 1.807) is 27.7 Å². The van der Waals surface area contributed by atoms with Crippen LogP contribution in [-0.2, 0) is 47.3 Å². The van der Waals surface area contributed by atoms with Gasteiger partial charge in [-0.15, -0.1) is 0 Å². The van der Waals surface area contributed by atoms with Gasteiger partial charge in [-0.05, 0) is 86.1 Å². The first-order valence-corrected chi connectivity index (χ1v) is 25.9. The van der Waals surface area contributed by atoms with Crippen LogP contribution < -0.4 is 26.7 Å². The molecule has 7 atom stereocenters. The number of benzene rings is 4. The van der Waals surface area contributed by atoms with Crippen LogP contribution in [0, 0.1) is 11.8 Å². The van der Waals surface area contributed by atoms with Crippen molar-refractivity contribution in [2.45, 2.75) is 136 Å². The number of hydrogen-bond donors (Lipinski definition) is 3. The van der Waals surface area contributed by atoms with Gasteiger partial charge in [0.25, 0.3) is 8.32 Å². The second-order valence-corrected chi connectivity index (χ2v) is 24.6. The lowest BCUT2D eigenvalue weighted by molar-refractivity contribution is -0.138. The second-order valence-electron chi connectivity index (χ2n) is 20.3. The molecule has 15 nitrogen and oxygen atoms in total. The van der Waals surface area contributed by atoms with E-state index in [1.807, 2.05) is 109 Å². The molecule has 5 rings (SSSR count). The summed E-state index contributed by atoms with van der Waals surface area (Å²) in [5, 5.41) is 6.65. The van der Waals surface area contributed by atoms with E-state index in [0.717, 1.165) is 32.6 Å². The summed E-state index contributed by atoms with van der Waals surface area (Å²) in [6.45, 7) is 18.3. The van der Waals surface area contributed by atoms with E-state index in [0.29, 0.717) is 0 Å². The molecule has 0 saturated carbocycles. The van der Waals surface area contributed by atoms with Gasteiger partial charge in [-0.25, -0.2) is 9.59 Å². The van der Waals surface area contributed by atoms with E-state index in [2.05, 4.69) is 31.4 Å². The lowest BCUT2D eigenvalue weighted by Gasteiger charge is -2.45. The number of nitrogens with one attached hydrogen (secondary N) is 2. The van der Waals surface area contributed by atoms with Crippen molar-refractivity contribution in [2.75, 3.05) is 6.61 Å². The number of fused-ring (bicyclic) bond motifs is 3. The molecule has 0 fully saturated rings. The number of nitrogens with two attached hydrogens (primary N) is 1. The van der Waals surface area contributed by atoms with E-state index in [1.165, 1.54) is 27.7 Å². The third-order valence-corrected chi connectivity index (χ3v) is 17.7. The lowest BCUT2D eigenvalue weighted by atomic mass is 9.93. The Bertz CT molecular complexity index is 2460. The molecule has 3 amide bonds. The van der Waals surface area contributed by atoms with Crippen LogP contribution in [0.4, 0.5) is 9.59 Å². The average molecular weight is 992 g/mol.